The molecule has 3 unspecified atom stereocenters. The van der Waals surface area contributed by atoms with Crippen molar-refractivity contribution in [3.05, 3.63) is 0 Å². The zero-order valence-electron chi connectivity index (χ0n) is 6.79. The van der Waals surface area contributed by atoms with Crippen LogP contribution in [0.3, 0.4) is 0 Å². The summed E-state index contributed by atoms with van der Waals surface area (Å²) in [7, 11) is -0.772. The summed E-state index contributed by atoms with van der Waals surface area (Å²) in [5, 5.41) is 0. The van der Waals surface area contributed by atoms with Crippen LogP contribution in [0, 0.1) is 5.92 Å². The molecule has 0 spiro atoms. The van der Waals surface area contributed by atoms with Crippen molar-refractivity contribution in [3.8, 4) is 0 Å². The quantitative estimate of drug-likeness (QED) is 0.645. The lowest BCUT2D eigenvalue weighted by atomic mass is 10.0. The number of ether oxygens (including phenoxy) is 1. The summed E-state index contributed by atoms with van der Waals surface area (Å²) in [6, 6.07) is 0.0586. The van der Waals surface area contributed by atoms with E-state index in [-0.39, 0.29) is 6.04 Å². The van der Waals surface area contributed by atoms with Gasteiger partial charge in [-0.15, -0.1) is 0 Å². The van der Waals surface area contributed by atoms with Gasteiger partial charge >= 0.3 is 0 Å². The fourth-order valence-corrected chi connectivity index (χ4v) is 2.11. The largest absolute Gasteiger partial charge is 0.381 e. The molecule has 0 amide bonds. The van der Waals surface area contributed by atoms with Crippen molar-refractivity contribution in [1.29, 1.82) is 0 Å². The third-order valence-electron chi connectivity index (χ3n) is 2.00. The molecule has 0 saturated carbocycles. The van der Waals surface area contributed by atoms with E-state index in [0.29, 0.717) is 11.7 Å². The molecule has 66 valence electrons. The topological polar surface area (TPSA) is 52.3 Å². The molecule has 2 N–H and O–H groups in total. The second-order valence-corrected chi connectivity index (χ2v) is 4.51. The van der Waals surface area contributed by atoms with Gasteiger partial charge in [-0.05, 0) is 6.42 Å². The molecule has 3 atom stereocenters. The molecule has 1 heterocycles. The van der Waals surface area contributed by atoms with Gasteiger partial charge in [0, 0.05) is 41.4 Å². The first-order chi connectivity index (χ1) is 5.20. The zero-order chi connectivity index (χ0) is 8.27. The van der Waals surface area contributed by atoms with Gasteiger partial charge < -0.3 is 10.5 Å². The standard InChI is InChI=1S/C7H15NO2S/c1-11(9)5-7(8)6-2-3-10-4-6/h6-7H,2-5,8H2,1H3. The van der Waals surface area contributed by atoms with Crippen LogP contribution in [0.15, 0.2) is 0 Å². The van der Waals surface area contributed by atoms with Gasteiger partial charge in [0.2, 0.25) is 0 Å². The minimum absolute atomic E-state index is 0.0586. The monoisotopic (exact) mass is 177 g/mol. The number of nitrogens with two attached hydrogens (primary N) is 1. The van der Waals surface area contributed by atoms with Crippen LogP contribution in [0.5, 0.6) is 0 Å². The normalized spacial score (nSPS) is 30.2. The Morgan fingerprint density at radius 1 is 1.82 bits per heavy atom. The lowest BCUT2D eigenvalue weighted by Crippen LogP contribution is -2.35. The van der Waals surface area contributed by atoms with Crippen molar-refractivity contribution in [3.63, 3.8) is 0 Å². The van der Waals surface area contributed by atoms with E-state index in [0.717, 1.165) is 19.6 Å². The third-order valence-corrected chi connectivity index (χ3v) is 2.85. The van der Waals surface area contributed by atoms with Gasteiger partial charge in [-0.2, -0.15) is 0 Å². The summed E-state index contributed by atoms with van der Waals surface area (Å²) in [5.74, 6) is 1.03. The van der Waals surface area contributed by atoms with Crippen molar-refractivity contribution in [2.75, 3.05) is 25.2 Å². The maximum atomic E-state index is 10.8. The van der Waals surface area contributed by atoms with Crippen LogP contribution in [0.1, 0.15) is 6.42 Å². The van der Waals surface area contributed by atoms with E-state index in [1.807, 2.05) is 0 Å². The smallest absolute Gasteiger partial charge is 0.0510 e. The average Bonchev–Trinajstić information content (AvgIpc) is 2.35. The zero-order valence-corrected chi connectivity index (χ0v) is 7.60. The van der Waals surface area contributed by atoms with Crippen molar-refractivity contribution in [2.24, 2.45) is 11.7 Å². The van der Waals surface area contributed by atoms with Crippen LogP contribution < -0.4 is 5.73 Å². The molecule has 0 aromatic rings. The number of hydrogen-bond donors (Lipinski definition) is 1. The molecule has 11 heavy (non-hydrogen) atoms. The van der Waals surface area contributed by atoms with Crippen LogP contribution in [-0.4, -0.2) is 35.5 Å². The Morgan fingerprint density at radius 3 is 3.00 bits per heavy atom. The van der Waals surface area contributed by atoms with Crippen molar-refractivity contribution in [2.45, 2.75) is 12.5 Å². The highest BCUT2D eigenvalue weighted by molar-refractivity contribution is 7.84. The summed E-state index contributed by atoms with van der Waals surface area (Å²) < 4.78 is 16.0. The molecule has 1 fully saturated rings. The van der Waals surface area contributed by atoms with E-state index in [4.69, 9.17) is 10.5 Å². The Balaban J connectivity index is 2.28. The third kappa shape index (κ3) is 2.89. The highest BCUT2D eigenvalue weighted by atomic mass is 32.2. The molecule has 4 heteroatoms. The van der Waals surface area contributed by atoms with Gasteiger partial charge in [0.05, 0.1) is 6.61 Å². The van der Waals surface area contributed by atoms with Crippen LogP contribution in [-0.2, 0) is 15.5 Å². The van der Waals surface area contributed by atoms with Gasteiger partial charge in [-0.1, -0.05) is 0 Å². The van der Waals surface area contributed by atoms with E-state index in [1.54, 1.807) is 6.26 Å². The first-order valence-corrected chi connectivity index (χ1v) is 5.56. The van der Waals surface area contributed by atoms with E-state index >= 15 is 0 Å². The maximum Gasteiger partial charge on any atom is 0.0510 e. The summed E-state index contributed by atoms with van der Waals surface area (Å²) in [6.07, 6.45) is 2.72. The van der Waals surface area contributed by atoms with Crippen LogP contribution in [0.4, 0.5) is 0 Å². The van der Waals surface area contributed by atoms with E-state index in [1.165, 1.54) is 0 Å². The minimum Gasteiger partial charge on any atom is -0.381 e. The summed E-state index contributed by atoms with van der Waals surface area (Å²) in [4.78, 5) is 0. The predicted octanol–water partition coefficient (Wildman–Crippen LogP) is -0.271. The molecule has 0 radical (unpaired) electrons. The minimum atomic E-state index is -0.772. The van der Waals surface area contributed by atoms with Gasteiger partial charge in [0.25, 0.3) is 0 Å². The van der Waals surface area contributed by atoms with E-state index in [2.05, 4.69) is 0 Å². The highest BCUT2D eigenvalue weighted by Gasteiger charge is 2.23. The van der Waals surface area contributed by atoms with Crippen LogP contribution in [0.2, 0.25) is 0 Å². The molecule has 0 aromatic heterocycles. The van der Waals surface area contributed by atoms with Gasteiger partial charge in [0.15, 0.2) is 0 Å². The summed E-state index contributed by atoms with van der Waals surface area (Å²) in [6.45, 7) is 1.56. The molecule has 3 nitrogen and oxygen atoms in total. The summed E-state index contributed by atoms with van der Waals surface area (Å²) >= 11 is 0. The van der Waals surface area contributed by atoms with E-state index in [9.17, 15) is 4.21 Å². The van der Waals surface area contributed by atoms with Gasteiger partial charge in [-0.3, -0.25) is 4.21 Å². The first kappa shape index (κ1) is 9.16. The Labute approximate surface area is 69.8 Å². The first-order valence-electron chi connectivity index (χ1n) is 3.83. The summed E-state index contributed by atoms with van der Waals surface area (Å²) in [5.41, 5.74) is 5.81. The van der Waals surface area contributed by atoms with Crippen molar-refractivity contribution >= 4 is 10.8 Å². The maximum absolute atomic E-state index is 10.8. The van der Waals surface area contributed by atoms with Gasteiger partial charge in [0.1, 0.15) is 0 Å². The predicted molar refractivity (Wildman–Crippen MR) is 45.8 cm³/mol. The number of hydrogen-bond acceptors (Lipinski definition) is 3. The second-order valence-electron chi connectivity index (χ2n) is 3.03. The van der Waals surface area contributed by atoms with Crippen molar-refractivity contribution < 1.29 is 8.95 Å². The lowest BCUT2D eigenvalue weighted by Gasteiger charge is -2.15. The van der Waals surface area contributed by atoms with Crippen LogP contribution >= 0.6 is 0 Å². The Bertz CT molecular complexity index is 145. The molecular weight excluding hydrogens is 162 g/mol. The molecule has 0 bridgehead atoms. The molecule has 1 rings (SSSR count). The van der Waals surface area contributed by atoms with Crippen molar-refractivity contribution in [1.82, 2.24) is 0 Å². The van der Waals surface area contributed by atoms with Gasteiger partial charge in [-0.25, -0.2) is 0 Å². The Kier molecular flexibility index (Phi) is 3.48. The lowest BCUT2D eigenvalue weighted by molar-refractivity contribution is 0.182. The fourth-order valence-electron chi connectivity index (χ4n) is 1.30. The Hall–Kier alpha value is 0.0700. The SMILES string of the molecule is CS(=O)CC(N)C1CCOC1. The molecule has 1 saturated heterocycles. The fraction of sp³-hybridized carbons (Fsp3) is 1.00. The highest BCUT2D eigenvalue weighted by Crippen LogP contribution is 2.15. The van der Waals surface area contributed by atoms with Crippen LogP contribution in [0.25, 0.3) is 0 Å². The van der Waals surface area contributed by atoms with E-state index < -0.39 is 10.8 Å². The Morgan fingerprint density at radius 2 is 2.55 bits per heavy atom. The molecule has 0 aromatic carbocycles. The molecule has 0 aliphatic carbocycles. The molecule has 1 aliphatic rings. The number of rotatable bonds is 3. The molecular formula is C7H15NO2S. The average molecular weight is 177 g/mol. The molecule has 1 aliphatic heterocycles. The second kappa shape index (κ2) is 4.18.